The maximum Gasteiger partial charge on any atom is 0.337 e. The molecule has 4 nitrogen and oxygen atoms in total. The Balaban J connectivity index is 2.42. The van der Waals surface area contributed by atoms with E-state index in [1.807, 2.05) is 0 Å². The molecule has 0 radical (unpaired) electrons. The Labute approximate surface area is 113 Å². The first-order valence-electron chi connectivity index (χ1n) is 5.48. The molecular weight excluding hydrogens is 298 g/mol. The third kappa shape index (κ3) is 2.31. The second-order valence-electron chi connectivity index (χ2n) is 4.17. The van der Waals surface area contributed by atoms with Crippen LogP contribution in [0, 0.1) is 5.92 Å². The van der Waals surface area contributed by atoms with E-state index in [-0.39, 0.29) is 17.4 Å². The summed E-state index contributed by atoms with van der Waals surface area (Å²) in [5.74, 6) is -1.02. The highest BCUT2D eigenvalue weighted by atomic mass is 79.9. The first-order chi connectivity index (χ1) is 8.52. The van der Waals surface area contributed by atoms with Crippen molar-refractivity contribution in [1.82, 2.24) is 0 Å². The van der Waals surface area contributed by atoms with Crippen molar-refractivity contribution in [2.45, 2.75) is 6.42 Å². The van der Waals surface area contributed by atoms with Gasteiger partial charge < -0.3 is 10.0 Å². The van der Waals surface area contributed by atoms with Crippen LogP contribution in [0.2, 0.25) is 0 Å². The number of rotatable bonds is 3. The molecule has 0 bridgehead atoms. The average molecular weight is 310 g/mol. The molecule has 0 aromatic heterocycles. The summed E-state index contributed by atoms with van der Waals surface area (Å²) >= 11 is 3.23. The van der Waals surface area contributed by atoms with Gasteiger partial charge in [0.05, 0.1) is 11.3 Å². The Kier molecular flexibility index (Phi) is 3.52. The van der Waals surface area contributed by atoms with Crippen molar-refractivity contribution in [3.63, 3.8) is 0 Å². The van der Waals surface area contributed by atoms with E-state index in [9.17, 15) is 14.7 Å². The number of carboxylic acid groups (broad SMARTS) is 1. The zero-order chi connectivity index (χ0) is 13.3. The fourth-order valence-corrected chi connectivity index (χ4v) is 2.40. The number of hydrogen-bond donors (Lipinski definition) is 1. The lowest BCUT2D eigenvalue weighted by atomic mass is 10.1. The van der Waals surface area contributed by atoms with Gasteiger partial charge in [-0.05, 0) is 18.2 Å². The average Bonchev–Trinajstić information content (AvgIpc) is 2.70. The molecule has 0 aliphatic carbocycles. The van der Waals surface area contributed by atoms with Gasteiger partial charge in [0, 0.05) is 23.4 Å². The van der Waals surface area contributed by atoms with Gasteiger partial charge in [0.25, 0.3) is 0 Å². The minimum Gasteiger partial charge on any atom is -0.478 e. The molecule has 94 valence electrons. The summed E-state index contributed by atoms with van der Waals surface area (Å²) in [6.07, 6.45) is 2.12. The Morgan fingerprint density at radius 1 is 1.56 bits per heavy atom. The number of halogens is 1. The van der Waals surface area contributed by atoms with Gasteiger partial charge >= 0.3 is 5.97 Å². The van der Waals surface area contributed by atoms with Crippen molar-refractivity contribution in [2.24, 2.45) is 5.92 Å². The third-order valence-electron chi connectivity index (χ3n) is 2.97. The van der Waals surface area contributed by atoms with Gasteiger partial charge in [-0.15, -0.1) is 6.58 Å². The van der Waals surface area contributed by atoms with Gasteiger partial charge in [0.1, 0.15) is 0 Å². The highest BCUT2D eigenvalue weighted by Crippen LogP contribution is 2.30. The molecule has 1 heterocycles. The van der Waals surface area contributed by atoms with Crippen molar-refractivity contribution in [3.05, 3.63) is 40.9 Å². The number of benzene rings is 1. The van der Waals surface area contributed by atoms with Gasteiger partial charge in [-0.3, -0.25) is 4.79 Å². The lowest BCUT2D eigenvalue weighted by Gasteiger charge is -2.18. The molecule has 5 heteroatoms. The molecule has 0 spiro atoms. The standard InChI is InChI=1S/C13H12BrNO3/c1-2-8-5-12(16)15(7-8)11-4-3-9(14)6-10(11)13(17)18/h2-4,6,8H,1,5,7H2,(H,17,18). The quantitative estimate of drug-likeness (QED) is 0.873. The minimum absolute atomic E-state index is 0.0651. The van der Waals surface area contributed by atoms with E-state index < -0.39 is 5.97 Å². The summed E-state index contributed by atoms with van der Waals surface area (Å²) in [4.78, 5) is 24.6. The van der Waals surface area contributed by atoms with Crippen LogP contribution >= 0.6 is 15.9 Å². The number of carbonyl (C=O) groups is 2. The number of hydrogen-bond acceptors (Lipinski definition) is 2. The number of aromatic carboxylic acids is 1. The van der Waals surface area contributed by atoms with Crippen molar-refractivity contribution < 1.29 is 14.7 Å². The summed E-state index contributed by atoms with van der Waals surface area (Å²) in [6.45, 7) is 4.16. The molecule has 1 amide bonds. The van der Waals surface area contributed by atoms with E-state index in [4.69, 9.17) is 0 Å². The predicted molar refractivity (Wildman–Crippen MR) is 71.8 cm³/mol. The molecule has 2 rings (SSSR count). The molecule has 1 fully saturated rings. The van der Waals surface area contributed by atoms with Gasteiger partial charge in [-0.2, -0.15) is 0 Å². The van der Waals surface area contributed by atoms with E-state index in [1.54, 1.807) is 18.2 Å². The second-order valence-corrected chi connectivity index (χ2v) is 5.09. The van der Waals surface area contributed by atoms with Gasteiger partial charge in [0.15, 0.2) is 0 Å². The molecule has 18 heavy (non-hydrogen) atoms. The van der Waals surface area contributed by atoms with Crippen LogP contribution in [0.15, 0.2) is 35.3 Å². The van der Waals surface area contributed by atoms with Gasteiger partial charge in [0.2, 0.25) is 5.91 Å². The summed E-state index contributed by atoms with van der Waals surface area (Å²) in [7, 11) is 0. The molecule has 1 aromatic carbocycles. The zero-order valence-electron chi connectivity index (χ0n) is 9.60. The first-order valence-corrected chi connectivity index (χ1v) is 6.28. The summed E-state index contributed by atoms with van der Waals surface area (Å²) < 4.78 is 0.676. The van der Waals surface area contributed by atoms with Crippen LogP contribution in [0.1, 0.15) is 16.8 Å². The van der Waals surface area contributed by atoms with Crippen molar-refractivity contribution in [2.75, 3.05) is 11.4 Å². The van der Waals surface area contributed by atoms with Crippen LogP contribution in [-0.2, 0) is 4.79 Å². The summed E-state index contributed by atoms with van der Waals surface area (Å²) in [5, 5.41) is 9.18. The van der Waals surface area contributed by atoms with Crippen LogP contribution in [0.5, 0.6) is 0 Å². The molecule has 1 N–H and O–H groups in total. The smallest absolute Gasteiger partial charge is 0.337 e. The largest absolute Gasteiger partial charge is 0.478 e. The van der Waals surface area contributed by atoms with Crippen LogP contribution < -0.4 is 4.90 Å². The van der Waals surface area contributed by atoms with Crippen LogP contribution in [0.3, 0.4) is 0 Å². The number of amides is 1. The van der Waals surface area contributed by atoms with Crippen LogP contribution in [0.25, 0.3) is 0 Å². The normalized spacial score (nSPS) is 19.1. The van der Waals surface area contributed by atoms with Gasteiger partial charge in [-0.25, -0.2) is 4.79 Å². The summed E-state index contributed by atoms with van der Waals surface area (Å²) in [5.41, 5.74) is 0.572. The van der Waals surface area contributed by atoms with E-state index in [1.165, 1.54) is 11.0 Å². The number of carboxylic acids is 1. The van der Waals surface area contributed by atoms with Gasteiger partial charge in [-0.1, -0.05) is 22.0 Å². The van der Waals surface area contributed by atoms with Crippen molar-refractivity contribution in [1.29, 1.82) is 0 Å². The molecular formula is C13H12BrNO3. The van der Waals surface area contributed by atoms with E-state index in [0.29, 0.717) is 23.1 Å². The Morgan fingerprint density at radius 3 is 2.83 bits per heavy atom. The maximum atomic E-state index is 11.9. The number of carbonyl (C=O) groups excluding carboxylic acids is 1. The third-order valence-corrected chi connectivity index (χ3v) is 3.46. The highest BCUT2D eigenvalue weighted by Gasteiger charge is 2.31. The van der Waals surface area contributed by atoms with Crippen molar-refractivity contribution >= 4 is 33.5 Å². The van der Waals surface area contributed by atoms with Crippen LogP contribution in [0.4, 0.5) is 5.69 Å². The predicted octanol–water partition coefficient (Wildman–Crippen LogP) is 2.69. The molecule has 1 aliphatic heterocycles. The molecule has 1 aliphatic rings. The Morgan fingerprint density at radius 2 is 2.28 bits per heavy atom. The highest BCUT2D eigenvalue weighted by molar-refractivity contribution is 9.10. The summed E-state index contributed by atoms with van der Waals surface area (Å²) in [6, 6.07) is 4.89. The molecule has 1 unspecified atom stereocenters. The topological polar surface area (TPSA) is 57.6 Å². The van der Waals surface area contributed by atoms with E-state index in [0.717, 1.165) is 0 Å². The zero-order valence-corrected chi connectivity index (χ0v) is 11.2. The lowest BCUT2D eigenvalue weighted by molar-refractivity contribution is -0.117. The Bertz CT molecular complexity index is 527. The van der Waals surface area contributed by atoms with Crippen molar-refractivity contribution in [3.8, 4) is 0 Å². The number of anilines is 1. The maximum absolute atomic E-state index is 11.9. The molecule has 1 atom stereocenters. The monoisotopic (exact) mass is 309 g/mol. The molecule has 0 saturated carbocycles. The van der Waals surface area contributed by atoms with E-state index >= 15 is 0 Å². The van der Waals surface area contributed by atoms with Crippen LogP contribution in [-0.4, -0.2) is 23.5 Å². The minimum atomic E-state index is -1.04. The SMILES string of the molecule is C=CC1CC(=O)N(c2ccc(Br)cc2C(=O)O)C1. The molecule has 1 saturated heterocycles. The molecule has 1 aromatic rings. The fraction of sp³-hybridized carbons (Fsp3) is 0.231. The second kappa shape index (κ2) is 4.94. The number of nitrogens with zero attached hydrogens (tertiary/aromatic N) is 1. The fourth-order valence-electron chi connectivity index (χ4n) is 2.04. The first kappa shape index (κ1) is 12.8. The Hall–Kier alpha value is -1.62. The van der Waals surface area contributed by atoms with E-state index in [2.05, 4.69) is 22.5 Å². The lowest BCUT2D eigenvalue weighted by Crippen LogP contribution is -2.26.